The van der Waals surface area contributed by atoms with Crippen molar-refractivity contribution in [3.8, 4) is 5.75 Å². The number of phenols is 1. The number of aliphatic hydroxyl groups excluding tert-OH is 2. The van der Waals surface area contributed by atoms with Crippen molar-refractivity contribution in [3.05, 3.63) is 45.7 Å². The van der Waals surface area contributed by atoms with Gasteiger partial charge in [-0.1, -0.05) is 25.3 Å². The quantitative estimate of drug-likeness (QED) is 0.311. The van der Waals surface area contributed by atoms with E-state index in [-0.39, 0.29) is 23.3 Å². The predicted octanol–water partition coefficient (Wildman–Crippen LogP) is 1.39. The van der Waals surface area contributed by atoms with E-state index in [2.05, 4.69) is 5.32 Å². The third-order valence-electron chi connectivity index (χ3n) is 8.89. The summed E-state index contributed by atoms with van der Waals surface area (Å²) in [4.78, 5) is 40.6. The molecule has 10 heteroatoms. The molecule has 5 rings (SSSR count). The van der Waals surface area contributed by atoms with Crippen molar-refractivity contribution >= 4 is 23.2 Å². The third-order valence-corrected chi connectivity index (χ3v) is 8.89. The first-order valence-corrected chi connectivity index (χ1v) is 13.2. The molecule has 0 saturated heterocycles. The first-order chi connectivity index (χ1) is 18.0. The van der Waals surface area contributed by atoms with Gasteiger partial charge in [0.25, 0.3) is 5.91 Å². The van der Waals surface area contributed by atoms with E-state index in [0.717, 1.165) is 18.4 Å². The predicted molar refractivity (Wildman–Crippen MR) is 138 cm³/mol. The fourth-order valence-corrected chi connectivity index (χ4v) is 7.03. The van der Waals surface area contributed by atoms with Crippen LogP contribution in [0.4, 0.5) is 0 Å². The Bertz CT molecular complexity index is 1280. The normalized spacial score (nSPS) is 29.8. The number of ketones is 2. The highest BCUT2D eigenvalue weighted by Crippen LogP contribution is 2.52. The maximum atomic E-state index is 13.9. The Morgan fingerprint density at radius 3 is 2.45 bits per heavy atom. The largest absolute Gasteiger partial charge is 0.508 e. The lowest BCUT2D eigenvalue weighted by atomic mass is 9.57. The zero-order valence-corrected chi connectivity index (χ0v) is 21.7. The maximum absolute atomic E-state index is 13.9. The standard InChI is InChI=1S/C28H35N3O7/c1-31(2)22-17-11-14-10-16-13(12-30-15-6-4-3-5-7-15)8-9-18(32)20(16)23(33)19(14)25(35)28(17,38)26(36)21(24(22)34)27(29)37/h8-9,14-15,17,22,30,32-33,36,38H,3-7,10-12H2,1-2H3,(H2,29,37)/t14-,17-,22+,28-/m0/s1. The number of carbonyl (C=O) groups excluding carboxylic acids is 3. The summed E-state index contributed by atoms with van der Waals surface area (Å²) in [7, 11) is 3.17. The van der Waals surface area contributed by atoms with Crippen molar-refractivity contribution in [2.24, 2.45) is 17.6 Å². The van der Waals surface area contributed by atoms with E-state index in [1.165, 1.54) is 30.2 Å². The molecule has 38 heavy (non-hydrogen) atoms. The molecule has 0 radical (unpaired) electrons. The van der Waals surface area contributed by atoms with Gasteiger partial charge >= 0.3 is 0 Å². The van der Waals surface area contributed by atoms with E-state index in [4.69, 9.17) is 5.73 Å². The molecule has 4 aliphatic carbocycles. The van der Waals surface area contributed by atoms with Crippen LogP contribution in [0.3, 0.4) is 0 Å². The minimum absolute atomic E-state index is 0.0803. The van der Waals surface area contributed by atoms with Gasteiger partial charge in [-0.15, -0.1) is 0 Å². The van der Waals surface area contributed by atoms with Crippen LogP contribution in [0.5, 0.6) is 5.75 Å². The number of fused-ring (bicyclic) bond motifs is 3. The van der Waals surface area contributed by atoms with E-state index in [1.807, 2.05) is 6.07 Å². The van der Waals surface area contributed by atoms with Crippen LogP contribution in [0.25, 0.3) is 5.76 Å². The number of rotatable bonds is 5. The second kappa shape index (κ2) is 9.52. The summed E-state index contributed by atoms with van der Waals surface area (Å²) in [6.45, 7) is 0.536. The van der Waals surface area contributed by atoms with Crippen molar-refractivity contribution in [1.29, 1.82) is 0 Å². The summed E-state index contributed by atoms with van der Waals surface area (Å²) in [6.07, 6.45) is 6.16. The van der Waals surface area contributed by atoms with Gasteiger partial charge in [0.15, 0.2) is 11.4 Å². The lowest BCUT2D eigenvalue weighted by Gasteiger charge is -2.50. The minimum Gasteiger partial charge on any atom is -0.508 e. The topological polar surface area (TPSA) is 173 Å². The number of primary amides is 1. The number of amides is 1. The highest BCUT2D eigenvalue weighted by molar-refractivity contribution is 6.24. The molecule has 1 amide bonds. The molecule has 4 aliphatic rings. The van der Waals surface area contributed by atoms with Crippen molar-refractivity contribution in [1.82, 2.24) is 10.2 Å². The number of phenolic OH excluding ortho intramolecular Hbond substituents is 1. The van der Waals surface area contributed by atoms with Gasteiger partial charge in [0.05, 0.1) is 11.6 Å². The molecule has 2 saturated carbocycles. The first-order valence-electron chi connectivity index (χ1n) is 13.2. The zero-order chi connectivity index (χ0) is 27.5. The molecule has 0 aliphatic heterocycles. The van der Waals surface area contributed by atoms with Crippen LogP contribution in [0, 0.1) is 11.8 Å². The van der Waals surface area contributed by atoms with Crippen molar-refractivity contribution in [2.45, 2.75) is 69.2 Å². The fourth-order valence-electron chi connectivity index (χ4n) is 7.03. The lowest BCUT2D eigenvalue weighted by Crippen LogP contribution is -2.65. The molecule has 204 valence electrons. The molecule has 0 aromatic heterocycles. The maximum Gasteiger partial charge on any atom is 0.255 e. The number of nitrogens with one attached hydrogen (secondary N) is 1. The van der Waals surface area contributed by atoms with E-state index in [0.29, 0.717) is 24.6 Å². The second-order valence-electron chi connectivity index (χ2n) is 11.3. The molecule has 0 bridgehead atoms. The molecule has 0 unspecified atom stereocenters. The monoisotopic (exact) mass is 525 g/mol. The molecule has 0 spiro atoms. The van der Waals surface area contributed by atoms with Gasteiger partial charge in [0, 0.05) is 24.1 Å². The molecular formula is C28H35N3O7. The van der Waals surface area contributed by atoms with Crippen LogP contribution in [0.15, 0.2) is 29.0 Å². The molecule has 0 heterocycles. The SMILES string of the molecule is CN(C)[C@H]1C(=O)C(C(N)=O)=C(O)[C@@]2(O)C(=O)C3=C(O)c4c(O)ccc(CNC5CCCCC5)c4C[C@H]3C[C@@H]12. The van der Waals surface area contributed by atoms with Gasteiger partial charge in [-0.25, -0.2) is 0 Å². The first kappa shape index (κ1) is 26.4. The average Bonchev–Trinajstić information content (AvgIpc) is 2.86. The Labute approximate surface area is 220 Å². The molecule has 1 aromatic rings. The van der Waals surface area contributed by atoms with E-state index >= 15 is 0 Å². The number of hydrogen-bond donors (Lipinski definition) is 6. The zero-order valence-electron chi connectivity index (χ0n) is 21.7. The van der Waals surface area contributed by atoms with Crippen molar-refractivity contribution in [2.75, 3.05) is 14.1 Å². The van der Waals surface area contributed by atoms with Crippen LogP contribution < -0.4 is 11.1 Å². The van der Waals surface area contributed by atoms with Crippen molar-refractivity contribution in [3.63, 3.8) is 0 Å². The van der Waals surface area contributed by atoms with Gasteiger partial charge in [-0.3, -0.25) is 19.3 Å². The number of nitrogens with two attached hydrogens (primary N) is 1. The Balaban J connectivity index is 1.60. The average molecular weight is 526 g/mol. The van der Waals surface area contributed by atoms with E-state index in [1.54, 1.807) is 14.1 Å². The minimum atomic E-state index is -2.62. The molecule has 2 fully saturated rings. The van der Waals surface area contributed by atoms with Gasteiger partial charge in [-0.05, 0) is 62.9 Å². The summed E-state index contributed by atoms with van der Waals surface area (Å²) in [5.74, 6) is -6.40. The highest BCUT2D eigenvalue weighted by atomic mass is 16.3. The van der Waals surface area contributed by atoms with Gasteiger partial charge in [0.1, 0.15) is 22.8 Å². The highest BCUT2D eigenvalue weighted by Gasteiger charge is 2.64. The number of benzene rings is 1. The Morgan fingerprint density at radius 1 is 1.13 bits per heavy atom. The Kier molecular flexibility index (Phi) is 6.61. The van der Waals surface area contributed by atoms with E-state index in [9.17, 15) is 34.8 Å². The van der Waals surface area contributed by atoms with Gasteiger partial charge < -0.3 is 31.5 Å². The number of aliphatic hydroxyl groups is 3. The van der Waals surface area contributed by atoms with Gasteiger partial charge in [0.2, 0.25) is 5.78 Å². The number of carbonyl (C=O) groups is 3. The summed E-state index contributed by atoms with van der Waals surface area (Å²) < 4.78 is 0. The number of likely N-dealkylation sites (N-methyl/N-ethyl adjacent to an activating group) is 1. The van der Waals surface area contributed by atoms with E-state index < -0.39 is 58.0 Å². The fraction of sp³-hybridized carbons (Fsp3) is 0.536. The molecule has 10 nitrogen and oxygen atoms in total. The summed E-state index contributed by atoms with van der Waals surface area (Å²) in [5.41, 5.74) is 3.52. The summed E-state index contributed by atoms with van der Waals surface area (Å²) in [6, 6.07) is 2.59. The molecule has 4 atom stereocenters. The van der Waals surface area contributed by atoms with Crippen LogP contribution >= 0.6 is 0 Å². The van der Waals surface area contributed by atoms with Crippen LogP contribution in [0.1, 0.15) is 55.2 Å². The number of aromatic hydroxyl groups is 1. The summed E-state index contributed by atoms with van der Waals surface area (Å²) >= 11 is 0. The Morgan fingerprint density at radius 2 is 1.82 bits per heavy atom. The smallest absolute Gasteiger partial charge is 0.255 e. The molecular weight excluding hydrogens is 490 g/mol. The lowest BCUT2D eigenvalue weighted by molar-refractivity contribution is -0.153. The third kappa shape index (κ3) is 3.85. The summed E-state index contributed by atoms with van der Waals surface area (Å²) in [5, 5.41) is 48.2. The molecule has 1 aromatic carbocycles. The van der Waals surface area contributed by atoms with Crippen molar-refractivity contribution < 1.29 is 34.8 Å². The molecule has 7 N–H and O–H groups in total. The van der Waals surface area contributed by atoms with Gasteiger partial charge in [-0.2, -0.15) is 0 Å². The number of Topliss-reactive ketones (excluding diaryl/α,β-unsaturated/α-hetero) is 2. The van der Waals surface area contributed by atoms with Crippen LogP contribution in [-0.4, -0.2) is 74.6 Å². The number of hydrogen-bond acceptors (Lipinski definition) is 9. The van der Waals surface area contributed by atoms with Crippen LogP contribution in [-0.2, 0) is 27.3 Å². The van der Waals surface area contributed by atoms with Crippen LogP contribution in [0.2, 0.25) is 0 Å². The number of nitrogens with zero attached hydrogens (tertiary/aromatic N) is 1. The second-order valence-corrected chi connectivity index (χ2v) is 11.3. The Hall–Kier alpha value is -3.21.